The second-order valence-corrected chi connectivity index (χ2v) is 10.2. The normalized spacial score (nSPS) is 11.6. The number of para-hydroxylation sites is 4. The first-order valence-corrected chi connectivity index (χ1v) is 13.5. The summed E-state index contributed by atoms with van der Waals surface area (Å²) in [4.78, 5) is 13.2. The van der Waals surface area contributed by atoms with E-state index in [9.17, 15) is 4.79 Å². The summed E-state index contributed by atoms with van der Waals surface area (Å²) in [5.41, 5.74) is 8.79. The molecule has 3 heteroatoms. The van der Waals surface area contributed by atoms with Crippen LogP contribution in [0.1, 0.15) is 0 Å². The fourth-order valence-electron chi connectivity index (χ4n) is 6.08. The van der Waals surface area contributed by atoms with Crippen molar-refractivity contribution in [2.75, 3.05) is 0 Å². The number of pyridine rings is 1. The summed E-state index contributed by atoms with van der Waals surface area (Å²) >= 11 is 0. The van der Waals surface area contributed by atoms with Crippen LogP contribution in [-0.2, 0) is 0 Å². The Balaban J connectivity index is 1.22. The summed E-state index contributed by atoms with van der Waals surface area (Å²) in [5.74, 6) is 0. The molecule has 0 amide bonds. The van der Waals surface area contributed by atoms with Gasteiger partial charge in [-0.05, 0) is 71.8 Å². The van der Waals surface area contributed by atoms with Gasteiger partial charge in [-0.1, -0.05) is 84.9 Å². The van der Waals surface area contributed by atoms with Crippen molar-refractivity contribution in [1.82, 2.24) is 9.13 Å². The predicted octanol–water partition coefficient (Wildman–Crippen LogP) is 8.91. The van der Waals surface area contributed by atoms with E-state index in [0.717, 1.165) is 44.3 Å². The number of rotatable bonds is 3. The van der Waals surface area contributed by atoms with Crippen LogP contribution in [0.25, 0.3) is 66.1 Å². The van der Waals surface area contributed by atoms with E-state index in [0.29, 0.717) is 0 Å². The van der Waals surface area contributed by atoms with Gasteiger partial charge in [-0.15, -0.1) is 0 Å². The van der Waals surface area contributed by atoms with Crippen molar-refractivity contribution >= 4 is 43.6 Å². The molecule has 0 radical (unpaired) electrons. The SMILES string of the molecule is O=c1c2ccccc2n(-c2ccc(-c3ccc(-n4c5ccccc5c5ccccc54)cc3)cc2)c2ccccc12. The largest absolute Gasteiger partial charge is 0.309 e. The minimum atomic E-state index is 0.0717. The van der Waals surface area contributed by atoms with Crippen LogP contribution < -0.4 is 5.43 Å². The third kappa shape index (κ3) is 3.35. The van der Waals surface area contributed by atoms with Gasteiger partial charge in [0, 0.05) is 32.9 Å². The lowest BCUT2D eigenvalue weighted by Gasteiger charge is -2.16. The monoisotopic (exact) mass is 512 g/mol. The van der Waals surface area contributed by atoms with Crippen LogP contribution in [0.15, 0.2) is 150 Å². The van der Waals surface area contributed by atoms with Gasteiger partial charge in [-0.25, -0.2) is 0 Å². The molecule has 40 heavy (non-hydrogen) atoms. The Labute approximate surface area is 230 Å². The Morgan fingerprint density at radius 1 is 0.325 bits per heavy atom. The summed E-state index contributed by atoms with van der Waals surface area (Å²) in [6.45, 7) is 0. The number of nitrogens with zero attached hydrogens (tertiary/aromatic N) is 2. The molecule has 6 aromatic carbocycles. The molecule has 0 aliphatic rings. The zero-order valence-corrected chi connectivity index (χ0v) is 21.7. The van der Waals surface area contributed by atoms with E-state index >= 15 is 0 Å². The zero-order valence-electron chi connectivity index (χ0n) is 21.7. The smallest absolute Gasteiger partial charge is 0.197 e. The van der Waals surface area contributed by atoms with Crippen molar-refractivity contribution < 1.29 is 0 Å². The first kappa shape index (κ1) is 22.6. The molecule has 0 fully saturated rings. The van der Waals surface area contributed by atoms with Crippen molar-refractivity contribution in [2.45, 2.75) is 0 Å². The summed E-state index contributed by atoms with van der Waals surface area (Å²) in [6, 6.07) is 50.2. The fourth-order valence-corrected chi connectivity index (χ4v) is 6.08. The van der Waals surface area contributed by atoms with E-state index < -0.39 is 0 Å². The Bertz CT molecular complexity index is 2160. The Morgan fingerprint density at radius 2 is 0.625 bits per heavy atom. The van der Waals surface area contributed by atoms with Gasteiger partial charge in [0.2, 0.25) is 0 Å². The Kier molecular flexibility index (Phi) is 4.98. The molecule has 0 aliphatic heterocycles. The third-order valence-corrected chi connectivity index (χ3v) is 7.94. The third-order valence-electron chi connectivity index (χ3n) is 7.94. The van der Waals surface area contributed by atoms with Crippen LogP contribution in [0.3, 0.4) is 0 Å². The number of hydrogen-bond donors (Lipinski definition) is 0. The maximum absolute atomic E-state index is 13.2. The topological polar surface area (TPSA) is 26.9 Å². The van der Waals surface area contributed by atoms with Crippen molar-refractivity contribution in [3.8, 4) is 22.5 Å². The second kappa shape index (κ2) is 8.82. The van der Waals surface area contributed by atoms with Gasteiger partial charge in [0.05, 0.1) is 22.1 Å². The lowest BCUT2D eigenvalue weighted by molar-refractivity contribution is 1.16. The molecule has 0 saturated heterocycles. The summed E-state index contributed by atoms with van der Waals surface area (Å²) in [7, 11) is 0. The molecule has 8 rings (SSSR count). The maximum atomic E-state index is 13.2. The molecule has 188 valence electrons. The zero-order chi connectivity index (χ0) is 26.6. The van der Waals surface area contributed by atoms with Crippen molar-refractivity contribution in [3.05, 3.63) is 156 Å². The van der Waals surface area contributed by atoms with Gasteiger partial charge in [0.15, 0.2) is 5.43 Å². The van der Waals surface area contributed by atoms with Crippen LogP contribution in [0.5, 0.6) is 0 Å². The van der Waals surface area contributed by atoms with E-state index in [1.54, 1.807) is 0 Å². The standard InChI is InChI=1S/C37H24N2O/c40-37-31-11-3-7-15-35(31)39(36-16-8-4-12-32(36)37)28-23-19-26(20-24-28)25-17-21-27(22-18-25)38-33-13-5-1-9-29(33)30-10-2-6-14-34(30)38/h1-24H. The van der Waals surface area contributed by atoms with Gasteiger partial charge >= 0.3 is 0 Å². The number of hydrogen-bond acceptors (Lipinski definition) is 1. The van der Waals surface area contributed by atoms with Gasteiger partial charge < -0.3 is 9.13 Å². The second-order valence-electron chi connectivity index (χ2n) is 10.2. The Morgan fingerprint density at radius 3 is 1.00 bits per heavy atom. The number of fused-ring (bicyclic) bond motifs is 5. The molecule has 2 aromatic heterocycles. The van der Waals surface area contributed by atoms with Gasteiger partial charge in [-0.3, -0.25) is 4.79 Å². The number of aromatic nitrogens is 2. The molecule has 0 N–H and O–H groups in total. The summed E-state index contributed by atoms with van der Waals surface area (Å²) in [6.07, 6.45) is 0. The summed E-state index contributed by atoms with van der Waals surface area (Å²) in [5, 5.41) is 3.98. The predicted molar refractivity (Wildman–Crippen MR) is 167 cm³/mol. The highest BCUT2D eigenvalue weighted by Crippen LogP contribution is 2.33. The lowest BCUT2D eigenvalue weighted by atomic mass is 10.0. The highest BCUT2D eigenvalue weighted by atomic mass is 16.1. The van der Waals surface area contributed by atoms with Crippen LogP contribution in [-0.4, -0.2) is 9.13 Å². The van der Waals surface area contributed by atoms with Crippen molar-refractivity contribution in [3.63, 3.8) is 0 Å². The molecule has 0 atom stereocenters. The molecule has 0 aliphatic carbocycles. The van der Waals surface area contributed by atoms with Crippen LogP contribution in [0, 0.1) is 0 Å². The van der Waals surface area contributed by atoms with Gasteiger partial charge in [0.1, 0.15) is 0 Å². The molecule has 0 bridgehead atoms. The molecule has 0 unspecified atom stereocenters. The molecular weight excluding hydrogens is 488 g/mol. The van der Waals surface area contributed by atoms with E-state index in [1.165, 1.54) is 21.8 Å². The van der Waals surface area contributed by atoms with Crippen molar-refractivity contribution in [2.24, 2.45) is 0 Å². The van der Waals surface area contributed by atoms with E-state index in [2.05, 4.69) is 106 Å². The highest BCUT2D eigenvalue weighted by molar-refractivity contribution is 6.09. The van der Waals surface area contributed by atoms with Crippen molar-refractivity contribution in [1.29, 1.82) is 0 Å². The molecule has 0 saturated carbocycles. The number of benzene rings is 6. The van der Waals surface area contributed by atoms with E-state index in [-0.39, 0.29) is 5.43 Å². The minimum absolute atomic E-state index is 0.0717. The summed E-state index contributed by atoms with van der Waals surface area (Å²) < 4.78 is 4.52. The van der Waals surface area contributed by atoms with Crippen LogP contribution in [0.2, 0.25) is 0 Å². The molecule has 2 heterocycles. The van der Waals surface area contributed by atoms with Crippen LogP contribution >= 0.6 is 0 Å². The van der Waals surface area contributed by atoms with Crippen LogP contribution in [0.4, 0.5) is 0 Å². The highest BCUT2D eigenvalue weighted by Gasteiger charge is 2.13. The van der Waals surface area contributed by atoms with Gasteiger partial charge in [0.25, 0.3) is 0 Å². The molecule has 3 nitrogen and oxygen atoms in total. The maximum Gasteiger partial charge on any atom is 0.197 e. The molecule has 0 spiro atoms. The average Bonchev–Trinajstić information content (AvgIpc) is 3.36. The van der Waals surface area contributed by atoms with E-state index in [4.69, 9.17) is 0 Å². The quantitative estimate of drug-likeness (QED) is 0.217. The molecular formula is C37H24N2O. The first-order valence-electron chi connectivity index (χ1n) is 13.5. The minimum Gasteiger partial charge on any atom is -0.309 e. The molecule has 8 aromatic rings. The Hall–Kier alpha value is -5.41. The average molecular weight is 513 g/mol. The van der Waals surface area contributed by atoms with Gasteiger partial charge in [-0.2, -0.15) is 0 Å². The fraction of sp³-hybridized carbons (Fsp3) is 0. The van der Waals surface area contributed by atoms with E-state index in [1.807, 2.05) is 48.5 Å². The lowest BCUT2D eigenvalue weighted by Crippen LogP contribution is -2.10. The first-order chi connectivity index (χ1) is 19.8.